The molecule has 0 radical (unpaired) electrons. The minimum Gasteiger partial charge on any atom is -0.427 e. The molecule has 0 spiro atoms. The van der Waals surface area contributed by atoms with E-state index in [2.05, 4.69) is 0 Å². The Hall–Kier alpha value is -1.58. The van der Waals surface area contributed by atoms with E-state index in [-0.39, 0.29) is 36.6 Å². The Morgan fingerprint density at radius 3 is 1.25 bits per heavy atom. The summed E-state index contributed by atoms with van der Waals surface area (Å²) in [5.41, 5.74) is 0. The predicted molar refractivity (Wildman–Crippen MR) is 123 cm³/mol. The van der Waals surface area contributed by atoms with Crippen LogP contribution in [0.15, 0.2) is 0 Å². The zero-order valence-electron chi connectivity index (χ0n) is 21.4. The van der Waals surface area contributed by atoms with Gasteiger partial charge in [0.2, 0.25) is 0 Å². The van der Waals surface area contributed by atoms with E-state index in [1.807, 2.05) is 27.7 Å². The van der Waals surface area contributed by atoms with Gasteiger partial charge in [0.25, 0.3) is 0 Å². The van der Waals surface area contributed by atoms with Crippen LogP contribution in [-0.2, 0) is 33.2 Å². The van der Waals surface area contributed by atoms with Crippen LogP contribution in [0.4, 0.5) is 9.59 Å². The van der Waals surface area contributed by atoms with E-state index in [1.165, 1.54) is 19.3 Å². The van der Waals surface area contributed by atoms with E-state index in [4.69, 9.17) is 33.2 Å². The summed E-state index contributed by atoms with van der Waals surface area (Å²) in [6.45, 7) is 8.00. The third kappa shape index (κ3) is 2.94. The lowest BCUT2D eigenvalue weighted by Crippen LogP contribution is -2.48. The van der Waals surface area contributed by atoms with Gasteiger partial charge in [-0.3, -0.25) is 0 Å². The largest absolute Gasteiger partial charge is 0.509 e. The first-order valence-corrected chi connectivity index (χ1v) is 14.4. The number of carbonyl (C=O) groups is 2. The fourth-order valence-corrected chi connectivity index (χ4v) is 9.71. The van der Waals surface area contributed by atoms with Crippen molar-refractivity contribution in [1.82, 2.24) is 0 Å². The highest BCUT2D eigenvalue weighted by molar-refractivity contribution is 5.63. The Morgan fingerprint density at radius 1 is 0.472 bits per heavy atom. The van der Waals surface area contributed by atoms with Crippen molar-refractivity contribution < 1.29 is 42.7 Å². The number of ether oxygens (including phenoxy) is 7. The van der Waals surface area contributed by atoms with E-state index < -0.39 is 12.3 Å². The van der Waals surface area contributed by atoms with Crippen molar-refractivity contribution in [1.29, 1.82) is 0 Å². The first-order valence-electron chi connectivity index (χ1n) is 14.4. The maximum atomic E-state index is 11.2. The van der Waals surface area contributed by atoms with Crippen LogP contribution in [-0.4, -0.2) is 73.4 Å². The van der Waals surface area contributed by atoms with Gasteiger partial charge in [0.15, 0.2) is 12.2 Å². The SMILES string of the molecule is CC.CC.O=C1OC2C(O1)C1OC2C2C3CCC(O3)C12.O=C1OC2C3CC(C2O1)C1C2CCC(O2)C31. The topological polar surface area (TPSA) is 98.8 Å². The maximum Gasteiger partial charge on any atom is 0.509 e. The molecule has 2 saturated carbocycles. The second-order valence-electron chi connectivity index (χ2n) is 11.3. The summed E-state index contributed by atoms with van der Waals surface area (Å²) in [6.07, 6.45) is 6.20. The van der Waals surface area contributed by atoms with Gasteiger partial charge in [0, 0.05) is 23.7 Å². The predicted octanol–water partition coefficient (Wildman–Crippen LogP) is 3.85. The second-order valence-corrected chi connectivity index (χ2v) is 11.3. The molecule has 36 heavy (non-hydrogen) atoms. The molecule has 2 aliphatic carbocycles. The average Bonchev–Trinajstić information content (AvgIpc) is 3.73. The number of fused-ring (bicyclic) bond motifs is 24. The molecule has 200 valence electrons. The van der Waals surface area contributed by atoms with Crippen molar-refractivity contribution in [3.63, 3.8) is 0 Å². The van der Waals surface area contributed by atoms with Crippen molar-refractivity contribution in [2.75, 3.05) is 0 Å². The van der Waals surface area contributed by atoms with Crippen molar-refractivity contribution in [3.8, 4) is 0 Å². The lowest BCUT2D eigenvalue weighted by atomic mass is 9.69. The fourth-order valence-electron chi connectivity index (χ4n) is 9.71. The molecule has 0 aromatic rings. The Kier molecular flexibility index (Phi) is 5.53. The quantitative estimate of drug-likeness (QED) is 0.454. The highest BCUT2D eigenvalue weighted by atomic mass is 16.8. The fraction of sp³-hybridized carbons (Fsp3) is 0.926. The first-order chi connectivity index (χ1) is 17.7. The number of carbonyl (C=O) groups excluding carboxylic acids is 2. The smallest absolute Gasteiger partial charge is 0.427 e. The van der Waals surface area contributed by atoms with Crippen molar-refractivity contribution >= 4 is 12.3 Å². The lowest BCUT2D eigenvalue weighted by molar-refractivity contribution is -0.0317. The van der Waals surface area contributed by atoms with E-state index in [9.17, 15) is 9.59 Å². The molecule has 16 atom stereocenters. The van der Waals surface area contributed by atoms with Crippen molar-refractivity contribution in [2.24, 2.45) is 35.5 Å². The summed E-state index contributed by atoms with van der Waals surface area (Å²) in [4.78, 5) is 22.3. The van der Waals surface area contributed by atoms with Crippen LogP contribution in [0.5, 0.6) is 0 Å². The zero-order chi connectivity index (χ0) is 24.9. The summed E-state index contributed by atoms with van der Waals surface area (Å²) in [5.74, 6) is 3.20. The van der Waals surface area contributed by atoms with Gasteiger partial charge < -0.3 is 33.2 Å². The Morgan fingerprint density at radius 2 is 0.833 bits per heavy atom. The van der Waals surface area contributed by atoms with Crippen LogP contribution in [0, 0.1) is 35.5 Å². The van der Waals surface area contributed by atoms with Gasteiger partial charge >= 0.3 is 12.3 Å². The molecule has 10 fully saturated rings. The summed E-state index contributed by atoms with van der Waals surface area (Å²) < 4.78 is 38.9. The van der Waals surface area contributed by atoms with Crippen molar-refractivity contribution in [3.05, 3.63) is 0 Å². The van der Waals surface area contributed by atoms with Gasteiger partial charge in [0.05, 0.1) is 24.4 Å². The molecule has 0 N–H and O–H groups in total. The summed E-state index contributed by atoms with van der Waals surface area (Å²) >= 11 is 0. The van der Waals surface area contributed by atoms with E-state index >= 15 is 0 Å². The molecule has 0 aromatic carbocycles. The molecular formula is C27H38O9. The number of hydrogen-bond acceptors (Lipinski definition) is 9. The molecular weight excluding hydrogens is 468 g/mol. The van der Waals surface area contributed by atoms with Gasteiger partial charge in [0.1, 0.15) is 24.4 Å². The minimum absolute atomic E-state index is 0.0155. The second kappa shape index (κ2) is 8.46. The van der Waals surface area contributed by atoms with Crippen molar-refractivity contribution in [2.45, 2.75) is 121 Å². The molecule has 0 amide bonds. The van der Waals surface area contributed by atoms with Gasteiger partial charge in [-0.2, -0.15) is 0 Å². The molecule has 9 nitrogen and oxygen atoms in total. The van der Waals surface area contributed by atoms with Gasteiger partial charge in [-0.15, -0.1) is 0 Å². The van der Waals surface area contributed by atoms with Crippen LogP contribution in [0.25, 0.3) is 0 Å². The van der Waals surface area contributed by atoms with Gasteiger partial charge in [-0.1, -0.05) is 27.7 Å². The minimum atomic E-state index is -0.526. The molecule has 8 saturated heterocycles. The first kappa shape index (κ1) is 23.5. The third-order valence-electron chi connectivity index (χ3n) is 10.5. The highest BCUT2D eigenvalue weighted by Crippen LogP contribution is 2.65. The Labute approximate surface area is 211 Å². The normalized spacial score (nSPS) is 57.6. The highest BCUT2D eigenvalue weighted by Gasteiger charge is 2.73. The van der Waals surface area contributed by atoms with Crippen LogP contribution in [0.1, 0.15) is 59.8 Å². The molecule has 10 rings (SSSR count). The third-order valence-corrected chi connectivity index (χ3v) is 10.5. The molecule has 10 aliphatic rings. The Bertz CT molecular complexity index is 774. The Balaban J connectivity index is 0.000000108. The zero-order valence-corrected chi connectivity index (χ0v) is 21.4. The van der Waals surface area contributed by atoms with Crippen LogP contribution >= 0.6 is 0 Å². The summed E-state index contributed by atoms with van der Waals surface area (Å²) in [7, 11) is 0. The standard InChI is InChI=1S/C12H14O4.C11H12O5.2C2H6/c13-12-15-10-4-3-5(11(10)16-12)9-7-2-1-6(14-7)8(4)9;12-11-15-9-7-5-3-1-2-4(13-3)6(5)8(14-7)10(9)16-11;2*1-2/h4-11H,1-3H2;3-10H,1-2H2;2*1-2H3. The number of hydrogen-bond donors (Lipinski definition) is 0. The molecule has 8 bridgehead atoms. The molecule has 0 aromatic heterocycles. The number of rotatable bonds is 0. The van der Waals surface area contributed by atoms with Crippen LogP contribution in [0.3, 0.4) is 0 Å². The summed E-state index contributed by atoms with van der Waals surface area (Å²) in [5, 5.41) is 0. The molecule has 8 heterocycles. The molecule has 8 aliphatic heterocycles. The molecule has 16 unspecified atom stereocenters. The van der Waals surface area contributed by atoms with Crippen LogP contribution in [0.2, 0.25) is 0 Å². The summed E-state index contributed by atoms with van der Waals surface area (Å²) in [6, 6.07) is 0. The average molecular weight is 507 g/mol. The molecule has 9 heteroatoms. The monoisotopic (exact) mass is 506 g/mol. The van der Waals surface area contributed by atoms with E-state index in [1.54, 1.807) is 0 Å². The van der Waals surface area contributed by atoms with E-state index in [0.717, 1.165) is 12.8 Å². The van der Waals surface area contributed by atoms with Gasteiger partial charge in [-0.25, -0.2) is 9.59 Å². The lowest BCUT2D eigenvalue weighted by Gasteiger charge is -2.35. The van der Waals surface area contributed by atoms with E-state index in [0.29, 0.717) is 59.9 Å². The maximum absolute atomic E-state index is 11.2. The van der Waals surface area contributed by atoms with Gasteiger partial charge in [-0.05, 0) is 43.9 Å². The van der Waals surface area contributed by atoms with Crippen LogP contribution < -0.4 is 0 Å².